The molecule has 1 fully saturated rings. The van der Waals surface area contributed by atoms with Crippen molar-refractivity contribution in [2.45, 2.75) is 50.9 Å². The van der Waals surface area contributed by atoms with Crippen LogP contribution in [0, 0.1) is 6.92 Å². The van der Waals surface area contributed by atoms with Crippen molar-refractivity contribution in [2.24, 2.45) is 0 Å². The predicted molar refractivity (Wildman–Crippen MR) is 134 cm³/mol. The van der Waals surface area contributed by atoms with Gasteiger partial charge in [-0.15, -0.1) is 0 Å². The monoisotopic (exact) mass is 570 g/mol. The molecule has 1 aliphatic heterocycles. The fourth-order valence-corrected chi connectivity index (χ4v) is 4.67. The van der Waals surface area contributed by atoms with Gasteiger partial charge in [0.1, 0.15) is 0 Å². The summed E-state index contributed by atoms with van der Waals surface area (Å²) < 4.78 is 100. The fraction of sp³-hybridized carbons (Fsp3) is 0.393. The van der Waals surface area contributed by atoms with Crippen molar-refractivity contribution in [1.29, 1.82) is 0 Å². The minimum atomic E-state index is -4.93. The maximum absolute atomic E-state index is 13.9. The summed E-state index contributed by atoms with van der Waals surface area (Å²) in [5.74, 6) is -0.0929. The van der Waals surface area contributed by atoms with E-state index >= 15 is 0 Å². The predicted octanol–water partition coefficient (Wildman–Crippen LogP) is 7.16. The fourth-order valence-electron chi connectivity index (χ4n) is 4.67. The Hall–Kier alpha value is -3.51. The largest absolute Gasteiger partial charge is 0.417 e. The molecule has 1 aliphatic rings. The Morgan fingerprint density at radius 3 is 2.40 bits per heavy atom. The number of hydrogen-bond donors (Lipinski definition) is 1. The summed E-state index contributed by atoms with van der Waals surface area (Å²) in [6, 6.07) is 11.5. The van der Waals surface area contributed by atoms with Crippen molar-refractivity contribution in [3.63, 3.8) is 0 Å². The molecule has 4 rings (SSSR count). The molecule has 12 heteroatoms. The summed E-state index contributed by atoms with van der Waals surface area (Å²) in [5, 5.41) is 2.57. The number of nitrogens with zero attached hydrogens (tertiary/aromatic N) is 1. The Morgan fingerprint density at radius 2 is 1.80 bits per heavy atom. The van der Waals surface area contributed by atoms with E-state index in [4.69, 9.17) is 14.2 Å². The Labute approximate surface area is 226 Å². The minimum Gasteiger partial charge on any atom is -0.408 e. The second kappa shape index (κ2) is 11.9. The van der Waals surface area contributed by atoms with Gasteiger partial charge in [0.05, 0.1) is 41.3 Å². The molecule has 0 aliphatic carbocycles. The third kappa shape index (κ3) is 6.79. The van der Waals surface area contributed by atoms with Gasteiger partial charge in [-0.25, -0.2) is 4.79 Å². The van der Waals surface area contributed by atoms with Crippen LogP contribution in [-0.2, 0) is 28.4 Å². The van der Waals surface area contributed by atoms with Gasteiger partial charge in [0, 0.05) is 31.9 Å². The van der Waals surface area contributed by atoms with E-state index in [9.17, 15) is 31.1 Å². The molecule has 1 amide bonds. The maximum atomic E-state index is 13.9. The number of rotatable bonds is 8. The van der Waals surface area contributed by atoms with Gasteiger partial charge < -0.3 is 24.1 Å². The van der Waals surface area contributed by atoms with Crippen molar-refractivity contribution < 1.29 is 45.3 Å². The summed E-state index contributed by atoms with van der Waals surface area (Å²) in [5.41, 5.74) is -2.26. The lowest BCUT2D eigenvalue weighted by Crippen LogP contribution is -2.31. The molecule has 0 spiro atoms. The number of carbonyl (C=O) groups is 1. The third-order valence-corrected chi connectivity index (χ3v) is 6.75. The molecule has 0 radical (unpaired) electrons. The standard InChI is InChI=1S/C28H28F6N2O4/c1-17-24(40-26(37)35-15-25(38-2)18-7-4-3-5-8-18)14-23(36(17)16-20-9-6-12-39-20)21-13-19(27(29,30)31)10-11-22(21)28(32,33)34/h3-5,7-8,10-11,13-14,20,25H,6,9,12,15-16H2,1-2H3,(H,35,37)/t20-,25?/m1/s1. The van der Waals surface area contributed by atoms with E-state index < -0.39 is 41.2 Å². The van der Waals surface area contributed by atoms with Crippen LogP contribution in [-0.4, -0.2) is 37.0 Å². The normalized spacial score (nSPS) is 16.6. The van der Waals surface area contributed by atoms with Crippen LogP contribution in [0.25, 0.3) is 11.3 Å². The summed E-state index contributed by atoms with van der Waals surface area (Å²) in [7, 11) is 1.47. The number of aromatic nitrogens is 1. The lowest BCUT2D eigenvalue weighted by molar-refractivity contribution is -0.141. The van der Waals surface area contributed by atoms with Crippen molar-refractivity contribution >= 4 is 6.09 Å². The summed E-state index contributed by atoms with van der Waals surface area (Å²) in [6.07, 6.45) is -10.2. The molecule has 216 valence electrons. The molecule has 0 bridgehead atoms. The molecule has 1 unspecified atom stereocenters. The van der Waals surface area contributed by atoms with Gasteiger partial charge in [-0.2, -0.15) is 26.3 Å². The van der Waals surface area contributed by atoms with E-state index in [1.165, 1.54) is 18.6 Å². The van der Waals surface area contributed by atoms with Crippen LogP contribution in [0.15, 0.2) is 54.6 Å². The number of ether oxygens (including phenoxy) is 3. The number of hydrogen-bond acceptors (Lipinski definition) is 4. The van der Waals surface area contributed by atoms with Crippen LogP contribution >= 0.6 is 0 Å². The first-order valence-corrected chi connectivity index (χ1v) is 12.5. The first-order valence-electron chi connectivity index (χ1n) is 12.5. The molecule has 40 heavy (non-hydrogen) atoms. The first kappa shape index (κ1) is 29.5. The Bertz CT molecular complexity index is 1310. The molecule has 1 saturated heterocycles. The van der Waals surface area contributed by atoms with Gasteiger partial charge in [0.25, 0.3) is 0 Å². The van der Waals surface area contributed by atoms with Crippen LogP contribution in [0.3, 0.4) is 0 Å². The van der Waals surface area contributed by atoms with E-state index in [-0.39, 0.29) is 36.3 Å². The van der Waals surface area contributed by atoms with Crippen molar-refractivity contribution in [3.05, 3.63) is 77.0 Å². The van der Waals surface area contributed by atoms with Crippen molar-refractivity contribution in [1.82, 2.24) is 9.88 Å². The summed E-state index contributed by atoms with van der Waals surface area (Å²) in [6.45, 7) is 2.09. The summed E-state index contributed by atoms with van der Waals surface area (Å²) in [4.78, 5) is 12.7. The highest BCUT2D eigenvalue weighted by Crippen LogP contribution is 2.43. The molecule has 0 saturated carbocycles. The van der Waals surface area contributed by atoms with E-state index in [0.717, 1.165) is 18.1 Å². The zero-order valence-corrected chi connectivity index (χ0v) is 21.7. The van der Waals surface area contributed by atoms with Crippen molar-refractivity contribution in [2.75, 3.05) is 20.3 Å². The molecule has 2 atom stereocenters. The molecule has 1 N–H and O–H groups in total. The number of methoxy groups -OCH3 is 1. The quantitative estimate of drug-likeness (QED) is 0.292. The lowest BCUT2D eigenvalue weighted by atomic mass is 10.00. The Morgan fingerprint density at radius 1 is 1.07 bits per heavy atom. The molecule has 1 aromatic heterocycles. The summed E-state index contributed by atoms with van der Waals surface area (Å²) >= 11 is 0. The SMILES string of the molecule is COC(CNC(=O)Oc1cc(-c2cc(C(F)(F)F)ccc2C(F)(F)F)n(C[C@H]2CCCO2)c1C)c1ccccc1. The lowest BCUT2D eigenvalue weighted by Gasteiger charge is -2.20. The number of halogens is 6. The maximum Gasteiger partial charge on any atom is 0.417 e. The highest BCUT2D eigenvalue weighted by Gasteiger charge is 2.38. The zero-order valence-electron chi connectivity index (χ0n) is 21.7. The zero-order chi connectivity index (χ0) is 29.1. The van der Waals surface area contributed by atoms with Crippen LogP contribution in [0.5, 0.6) is 5.75 Å². The van der Waals surface area contributed by atoms with Gasteiger partial charge in [0.2, 0.25) is 0 Å². The van der Waals surface area contributed by atoms with E-state index in [2.05, 4.69) is 5.32 Å². The van der Waals surface area contributed by atoms with Crippen LogP contribution < -0.4 is 10.1 Å². The second-order valence-corrected chi connectivity index (χ2v) is 9.39. The number of nitrogens with one attached hydrogen (secondary N) is 1. The number of benzene rings is 2. The highest BCUT2D eigenvalue weighted by molar-refractivity contribution is 5.74. The van der Waals surface area contributed by atoms with Crippen LogP contribution in [0.4, 0.5) is 31.1 Å². The van der Waals surface area contributed by atoms with Gasteiger partial charge in [0.15, 0.2) is 5.75 Å². The smallest absolute Gasteiger partial charge is 0.408 e. The minimum absolute atomic E-state index is 0.0354. The number of alkyl halides is 6. The Balaban J connectivity index is 1.68. The molecular weight excluding hydrogens is 542 g/mol. The number of carbonyl (C=O) groups excluding carboxylic acids is 1. The second-order valence-electron chi connectivity index (χ2n) is 9.39. The molecule has 3 aromatic rings. The van der Waals surface area contributed by atoms with Gasteiger partial charge in [-0.1, -0.05) is 30.3 Å². The average Bonchev–Trinajstić information content (AvgIpc) is 3.52. The van der Waals surface area contributed by atoms with E-state index in [0.29, 0.717) is 31.2 Å². The first-order chi connectivity index (χ1) is 18.9. The Kier molecular flexibility index (Phi) is 8.79. The van der Waals surface area contributed by atoms with Crippen LogP contribution in [0.2, 0.25) is 0 Å². The average molecular weight is 571 g/mol. The van der Waals surface area contributed by atoms with E-state index in [1.54, 1.807) is 0 Å². The van der Waals surface area contributed by atoms with Crippen LogP contribution in [0.1, 0.15) is 41.3 Å². The molecule has 2 heterocycles. The van der Waals surface area contributed by atoms with Gasteiger partial charge in [-0.05, 0) is 43.5 Å². The number of amides is 1. The third-order valence-electron chi connectivity index (χ3n) is 6.75. The van der Waals surface area contributed by atoms with Gasteiger partial charge >= 0.3 is 18.4 Å². The van der Waals surface area contributed by atoms with Crippen molar-refractivity contribution in [3.8, 4) is 17.0 Å². The molecular formula is C28H28F6N2O4. The molecule has 6 nitrogen and oxygen atoms in total. The topological polar surface area (TPSA) is 61.7 Å². The van der Waals surface area contributed by atoms with Gasteiger partial charge in [-0.3, -0.25) is 0 Å². The van der Waals surface area contributed by atoms with E-state index in [1.807, 2.05) is 30.3 Å². The highest BCUT2D eigenvalue weighted by atomic mass is 19.4. The molecule has 2 aromatic carbocycles.